The van der Waals surface area contributed by atoms with Crippen molar-refractivity contribution in [2.45, 2.75) is 46.2 Å². The van der Waals surface area contributed by atoms with Gasteiger partial charge in [-0.2, -0.15) is 0 Å². The number of hydrogen-bond acceptors (Lipinski definition) is 1. The molecule has 0 saturated carbocycles. The lowest BCUT2D eigenvalue weighted by Crippen LogP contribution is -2.44. The Labute approximate surface area is 106 Å². The molecule has 2 rings (SSSR count). The van der Waals surface area contributed by atoms with E-state index < -0.39 is 0 Å². The van der Waals surface area contributed by atoms with Gasteiger partial charge in [-0.1, -0.05) is 44.2 Å². The Morgan fingerprint density at radius 3 is 2.59 bits per heavy atom. The summed E-state index contributed by atoms with van der Waals surface area (Å²) in [5.41, 5.74) is 1.45. The van der Waals surface area contributed by atoms with E-state index in [0.29, 0.717) is 0 Å². The maximum Gasteiger partial charge on any atom is 0.0236 e. The molecule has 1 fully saturated rings. The molecule has 0 amide bonds. The van der Waals surface area contributed by atoms with Crippen molar-refractivity contribution >= 4 is 0 Å². The number of piperidine rings is 1. The minimum absolute atomic E-state index is 0.726. The van der Waals surface area contributed by atoms with Gasteiger partial charge in [-0.25, -0.2) is 0 Å². The van der Waals surface area contributed by atoms with Crippen LogP contribution in [0.4, 0.5) is 0 Å². The van der Waals surface area contributed by atoms with Gasteiger partial charge in [0.2, 0.25) is 0 Å². The molecule has 0 aromatic heterocycles. The Hall–Kier alpha value is -0.820. The number of benzene rings is 1. The van der Waals surface area contributed by atoms with Gasteiger partial charge in [0.1, 0.15) is 0 Å². The molecule has 1 heterocycles. The first kappa shape index (κ1) is 12.6. The van der Waals surface area contributed by atoms with E-state index in [2.05, 4.69) is 56.0 Å². The molecule has 1 aromatic rings. The van der Waals surface area contributed by atoms with E-state index >= 15 is 0 Å². The molecular weight excluding hydrogens is 206 g/mol. The standard InChI is InChI=1S/C16H25N/c1-13(2)16-10-7-11-17(14(16)3)12-15-8-5-4-6-9-15/h4-6,8-9,13-14,16H,7,10-12H2,1-3H3/t14-,16+/m1/s1. The third-order valence-corrected chi connectivity index (χ3v) is 4.26. The van der Waals surface area contributed by atoms with Crippen LogP contribution in [0.5, 0.6) is 0 Å². The van der Waals surface area contributed by atoms with Gasteiger partial charge < -0.3 is 0 Å². The molecule has 2 atom stereocenters. The molecule has 1 heteroatoms. The molecule has 1 nitrogen and oxygen atoms in total. The minimum Gasteiger partial charge on any atom is -0.296 e. The zero-order chi connectivity index (χ0) is 12.3. The van der Waals surface area contributed by atoms with Crippen LogP contribution in [0.2, 0.25) is 0 Å². The normalized spacial score (nSPS) is 26.4. The van der Waals surface area contributed by atoms with Crippen molar-refractivity contribution in [3.63, 3.8) is 0 Å². The fraction of sp³-hybridized carbons (Fsp3) is 0.625. The van der Waals surface area contributed by atoms with Crippen molar-refractivity contribution in [3.8, 4) is 0 Å². The van der Waals surface area contributed by atoms with Gasteiger partial charge in [-0.05, 0) is 43.7 Å². The van der Waals surface area contributed by atoms with Crippen LogP contribution in [-0.2, 0) is 6.54 Å². The van der Waals surface area contributed by atoms with Crippen LogP contribution < -0.4 is 0 Å². The van der Waals surface area contributed by atoms with Crippen LogP contribution in [0.1, 0.15) is 39.2 Å². The van der Waals surface area contributed by atoms with Gasteiger partial charge in [0.15, 0.2) is 0 Å². The molecule has 1 aliphatic rings. The third kappa shape index (κ3) is 3.10. The molecule has 0 aliphatic carbocycles. The molecule has 1 aliphatic heterocycles. The quantitative estimate of drug-likeness (QED) is 0.761. The number of rotatable bonds is 3. The second kappa shape index (κ2) is 5.68. The van der Waals surface area contributed by atoms with Crippen LogP contribution in [0.15, 0.2) is 30.3 Å². The largest absolute Gasteiger partial charge is 0.296 e. The minimum atomic E-state index is 0.726. The van der Waals surface area contributed by atoms with Gasteiger partial charge in [-0.3, -0.25) is 4.90 Å². The molecule has 0 spiro atoms. The van der Waals surface area contributed by atoms with Crippen LogP contribution in [0, 0.1) is 11.8 Å². The van der Waals surface area contributed by atoms with Crippen LogP contribution in [0.25, 0.3) is 0 Å². The Morgan fingerprint density at radius 1 is 1.24 bits per heavy atom. The van der Waals surface area contributed by atoms with Gasteiger partial charge in [0, 0.05) is 12.6 Å². The summed E-state index contributed by atoms with van der Waals surface area (Å²) in [5, 5.41) is 0. The molecule has 1 saturated heterocycles. The van der Waals surface area contributed by atoms with Crippen molar-refractivity contribution in [2.24, 2.45) is 11.8 Å². The van der Waals surface area contributed by atoms with E-state index in [1.165, 1.54) is 24.9 Å². The highest BCUT2D eigenvalue weighted by Crippen LogP contribution is 2.30. The first-order chi connectivity index (χ1) is 8.18. The van der Waals surface area contributed by atoms with Crippen molar-refractivity contribution in [2.75, 3.05) is 6.54 Å². The monoisotopic (exact) mass is 231 g/mol. The fourth-order valence-corrected chi connectivity index (χ4v) is 3.18. The molecular formula is C16H25N. The Kier molecular flexibility index (Phi) is 4.22. The molecule has 0 radical (unpaired) electrons. The zero-order valence-electron chi connectivity index (χ0n) is 11.4. The number of hydrogen-bond donors (Lipinski definition) is 0. The van der Waals surface area contributed by atoms with Gasteiger partial charge in [0.05, 0.1) is 0 Å². The Bertz CT molecular complexity index is 331. The summed E-state index contributed by atoms with van der Waals surface area (Å²) in [5.74, 6) is 1.68. The van der Waals surface area contributed by atoms with E-state index in [9.17, 15) is 0 Å². The van der Waals surface area contributed by atoms with E-state index in [0.717, 1.165) is 24.4 Å². The van der Waals surface area contributed by atoms with E-state index in [-0.39, 0.29) is 0 Å². The van der Waals surface area contributed by atoms with Crippen molar-refractivity contribution < 1.29 is 0 Å². The molecule has 0 bridgehead atoms. The number of likely N-dealkylation sites (tertiary alicyclic amines) is 1. The maximum atomic E-state index is 2.66. The van der Waals surface area contributed by atoms with Crippen LogP contribution >= 0.6 is 0 Å². The summed E-state index contributed by atoms with van der Waals surface area (Å²) in [6.07, 6.45) is 2.77. The SMILES string of the molecule is CC(C)[C@@H]1CCCN(Cc2ccccc2)[C@@H]1C. The summed E-state index contributed by atoms with van der Waals surface area (Å²) in [4.78, 5) is 2.66. The predicted octanol–water partition coefficient (Wildman–Crippen LogP) is 3.94. The average molecular weight is 231 g/mol. The lowest BCUT2D eigenvalue weighted by atomic mass is 9.81. The van der Waals surface area contributed by atoms with Crippen LogP contribution in [0.3, 0.4) is 0 Å². The summed E-state index contributed by atoms with van der Waals surface area (Å²) < 4.78 is 0. The Balaban J connectivity index is 2.01. The Morgan fingerprint density at radius 2 is 1.94 bits per heavy atom. The highest BCUT2D eigenvalue weighted by molar-refractivity contribution is 5.14. The summed E-state index contributed by atoms with van der Waals surface area (Å²) in [6, 6.07) is 11.6. The number of nitrogens with zero attached hydrogens (tertiary/aromatic N) is 1. The van der Waals surface area contributed by atoms with Crippen LogP contribution in [-0.4, -0.2) is 17.5 Å². The van der Waals surface area contributed by atoms with Gasteiger partial charge in [-0.15, -0.1) is 0 Å². The maximum absolute atomic E-state index is 2.66. The smallest absolute Gasteiger partial charge is 0.0236 e. The first-order valence-corrected chi connectivity index (χ1v) is 6.96. The van der Waals surface area contributed by atoms with Crippen molar-refractivity contribution in [1.29, 1.82) is 0 Å². The average Bonchev–Trinajstić information content (AvgIpc) is 2.33. The second-order valence-electron chi connectivity index (χ2n) is 5.75. The van der Waals surface area contributed by atoms with Gasteiger partial charge >= 0.3 is 0 Å². The van der Waals surface area contributed by atoms with Crippen molar-refractivity contribution in [3.05, 3.63) is 35.9 Å². The molecule has 17 heavy (non-hydrogen) atoms. The predicted molar refractivity (Wildman–Crippen MR) is 73.9 cm³/mol. The summed E-state index contributed by atoms with van der Waals surface area (Å²) in [7, 11) is 0. The summed E-state index contributed by atoms with van der Waals surface area (Å²) in [6.45, 7) is 9.53. The lowest BCUT2D eigenvalue weighted by Gasteiger charge is -2.41. The second-order valence-corrected chi connectivity index (χ2v) is 5.75. The third-order valence-electron chi connectivity index (χ3n) is 4.26. The van der Waals surface area contributed by atoms with E-state index in [1.54, 1.807) is 0 Å². The highest BCUT2D eigenvalue weighted by Gasteiger charge is 2.29. The van der Waals surface area contributed by atoms with Gasteiger partial charge in [0.25, 0.3) is 0 Å². The van der Waals surface area contributed by atoms with E-state index in [4.69, 9.17) is 0 Å². The lowest BCUT2D eigenvalue weighted by molar-refractivity contribution is 0.0731. The first-order valence-electron chi connectivity index (χ1n) is 6.96. The molecule has 0 unspecified atom stereocenters. The van der Waals surface area contributed by atoms with E-state index in [1.807, 2.05) is 0 Å². The summed E-state index contributed by atoms with van der Waals surface area (Å²) >= 11 is 0. The molecule has 0 N–H and O–H groups in total. The highest BCUT2D eigenvalue weighted by atomic mass is 15.2. The molecule has 94 valence electrons. The van der Waals surface area contributed by atoms with Crippen molar-refractivity contribution in [1.82, 2.24) is 4.90 Å². The topological polar surface area (TPSA) is 3.24 Å². The zero-order valence-corrected chi connectivity index (χ0v) is 11.4. The molecule has 1 aromatic carbocycles. The fourth-order valence-electron chi connectivity index (χ4n) is 3.18.